The zero-order chi connectivity index (χ0) is 18.6. The second kappa shape index (κ2) is 7.67. The Bertz CT molecular complexity index is 939. The summed E-state index contributed by atoms with van der Waals surface area (Å²) in [7, 11) is -3.53. The number of aromatic nitrogens is 1. The van der Waals surface area contributed by atoms with E-state index in [9.17, 15) is 18.0 Å². The van der Waals surface area contributed by atoms with Gasteiger partial charge in [-0.1, -0.05) is 30.3 Å². The van der Waals surface area contributed by atoms with Gasteiger partial charge in [-0.25, -0.2) is 8.42 Å². The molecule has 0 bridgehead atoms. The van der Waals surface area contributed by atoms with Crippen LogP contribution in [0.15, 0.2) is 58.9 Å². The molecular weight excluding hydrogens is 354 g/mol. The Balaban J connectivity index is 1.62. The van der Waals surface area contributed by atoms with Crippen molar-refractivity contribution in [2.45, 2.75) is 0 Å². The van der Waals surface area contributed by atoms with Gasteiger partial charge in [0, 0.05) is 43.9 Å². The second-order valence-electron chi connectivity index (χ2n) is 5.89. The van der Waals surface area contributed by atoms with Crippen LogP contribution < -0.4 is 5.56 Å². The maximum atomic E-state index is 12.4. The Morgan fingerprint density at radius 2 is 1.69 bits per heavy atom. The lowest BCUT2D eigenvalue weighted by Gasteiger charge is -2.33. The van der Waals surface area contributed by atoms with Crippen molar-refractivity contribution in [3.63, 3.8) is 0 Å². The van der Waals surface area contributed by atoms with Gasteiger partial charge in [0.15, 0.2) is 0 Å². The number of amides is 1. The summed E-state index contributed by atoms with van der Waals surface area (Å²) in [4.78, 5) is 27.5. The minimum Gasteiger partial charge on any atom is -0.336 e. The van der Waals surface area contributed by atoms with Gasteiger partial charge in [0.05, 0.1) is 5.56 Å². The molecule has 2 aromatic rings. The topological polar surface area (TPSA) is 90.6 Å². The molecule has 136 valence electrons. The first-order valence-electron chi connectivity index (χ1n) is 8.17. The molecule has 8 heteroatoms. The Kier molecular flexibility index (Phi) is 5.34. The number of carbonyl (C=O) groups excluding carboxylic acids is 1. The predicted molar refractivity (Wildman–Crippen MR) is 98.9 cm³/mol. The van der Waals surface area contributed by atoms with Gasteiger partial charge >= 0.3 is 0 Å². The second-order valence-corrected chi connectivity index (χ2v) is 7.71. The molecule has 0 unspecified atom stereocenters. The van der Waals surface area contributed by atoms with E-state index in [1.807, 2.05) is 30.3 Å². The third kappa shape index (κ3) is 4.27. The van der Waals surface area contributed by atoms with Gasteiger partial charge in [-0.3, -0.25) is 9.59 Å². The lowest BCUT2D eigenvalue weighted by Crippen LogP contribution is -2.50. The van der Waals surface area contributed by atoms with Crippen LogP contribution in [0.3, 0.4) is 0 Å². The highest BCUT2D eigenvalue weighted by molar-refractivity contribution is 7.92. The van der Waals surface area contributed by atoms with Gasteiger partial charge in [-0.05, 0) is 17.7 Å². The predicted octanol–water partition coefficient (Wildman–Crippen LogP) is 1.13. The van der Waals surface area contributed by atoms with Gasteiger partial charge in [-0.2, -0.15) is 4.31 Å². The van der Waals surface area contributed by atoms with Gasteiger partial charge in [0.1, 0.15) is 0 Å². The first-order valence-corrected chi connectivity index (χ1v) is 9.67. The number of nitrogens with one attached hydrogen (secondary N) is 1. The molecule has 1 N–H and O–H groups in total. The van der Waals surface area contributed by atoms with Crippen LogP contribution in [0, 0.1) is 0 Å². The third-order valence-electron chi connectivity index (χ3n) is 4.15. The molecule has 3 rings (SSSR count). The number of carbonyl (C=O) groups is 1. The molecule has 0 atom stereocenters. The molecular formula is C18H19N3O4S. The van der Waals surface area contributed by atoms with Crippen molar-refractivity contribution in [3.8, 4) is 0 Å². The summed E-state index contributed by atoms with van der Waals surface area (Å²) in [6.07, 6.45) is 2.93. The van der Waals surface area contributed by atoms with E-state index >= 15 is 0 Å². The minimum absolute atomic E-state index is 0.224. The zero-order valence-corrected chi connectivity index (χ0v) is 14.9. The molecule has 0 aliphatic carbocycles. The van der Waals surface area contributed by atoms with E-state index < -0.39 is 10.0 Å². The number of hydrogen-bond donors (Lipinski definition) is 1. The van der Waals surface area contributed by atoms with Crippen molar-refractivity contribution >= 4 is 22.0 Å². The molecule has 1 saturated heterocycles. The Morgan fingerprint density at radius 1 is 1.00 bits per heavy atom. The fourth-order valence-corrected chi connectivity index (χ4v) is 3.86. The number of aromatic amines is 1. The average Bonchev–Trinajstić information content (AvgIpc) is 2.67. The highest BCUT2D eigenvalue weighted by Gasteiger charge is 2.27. The van der Waals surface area contributed by atoms with Gasteiger partial charge in [0.2, 0.25) is 15.6 Å². The molecule has 1 fully saturated rings. The lowest BCUT2D eigenvalue weighted by atomic mass is 10.2. The fraction of sp³-hybridized carbons (Fsp3) is 0.222. The first-order chi connectivity index (χ1) is 12.5. The smallest absolute Gasteiger partial charge is 0.255 e. The molecule has 1 aliphatic heterocycles. The van der Waals surface area contributed by atoms with E-state index in [-0.39, 0.29) is 24.6 Å². The standard InChI is InChI=1S/C18H19N3O4S/c22-17-7-6-16(14-19-17)18(23)20-9-11-21(12-10-20)26(24,25)13-8-15-4-2-1-3-5-15/h1-8,13-14H,9-12H2,(H,19,22)/b13-8+. The Morgan fingerprint density at radius 3 is 2.31 bits per heavy atom. The highest BCUT2D eigenvalue weighted by atomic mass is 32.2. The molecule has 1 aliphatic rings. The molecule has 1 aromatic carbocycles. The summed E-state index contributed by atoms with van der Waals surface area (Å²) in [5.41, 5.74) is 0.913. The van der Waals surface area contributed by atoms with Crippen LogP contribution in [0.5, 0.6) is 0 Å². The van der Waals surface area contributed by atoms with Gasteiger partial charge < -0.3 is 9.88 Å². The number of nitrogens with zero attached hydrogens (tertiary/aromatic N) is 2. The normalized spacial score (nSPS) is 16.1. The molecule has 2 heterocycles. The van der Waals surface area contributed by atoms with Crippen molar-refractivity contribution in [2.24, 2.45) is 0 Å². The maximum absolute atomic E-state index is 12.4. The van der Waals surface area contributed by atoms with Crippen LogP contribution >= 0.6 is 0 Å². The molecule has 0 spiro atoms. The number of pyridine rings is 1. The number of H-pyrrole nitrogens is 1. The largest absolute Gasteiger partial charge is 0.336 e. The van der Waals surface area contributed by atoms with Crippen molar-refractivity contribution in [3.05, 3.63) is 75.6 Å². The first kappa shape index (κ1) is 18.1. The summed E-state index contributed by atoms with van der Waals surface area (Å²) in [6.45, 7) is 1.07. The summed E-state index contributed by atoms with van der Waals surface area (Å²) >= 11 is 0. The van der Waals surface area contributed by atoms with Crippen LogP contribution in [0.2, 0.25) is 0 Å². The summed E-state index contributed by atoms with van der Waals surface area (Å²) in [5, 5.41) is 1.20. The number of benzene rings is 1. The number of piperazine rings is 1. The summed E-state index contributed by atoms with van der Waals surface area (Å²) in [6, 6.07) is 12.0. The van der Waals surface area contributed by atoms with Crippen LogP contribution in [0.25, 0.3) is 6.08 Å². The van der Waals surface area contributed by atoms with Gasteiger partial charge in [-0.15, -0.1) is 0 Å². The molecule has 1 amide bonds. The molecule has 26 heavy (non-hydrogen) atoms. The van der Waals surface area contributed by atoms with Gasteiger partial charge in [0.25, 0.3) is 5.91 Å². The van der Waals surface area contributed by atoms with Crippen molar-refractivity contribution in [1.82, 2.24) is 14.2 Å². The zero-order valence-electron chi connectivity index (χ0n) is 14.0. The van der Waals surface area contributed by atoms with E-state index in [1.165, 1.54) is 28.0 Å². The van der Waals surface area contributed by atoms with E-state index in [4.69, 9.17) is 0 Å². The average molecular weight is 373 g/mol. The Hall–Kier alpha value is -2.71. The van der Waals surface area contributed by atoms with Crippen molar-refractivity contribution in [2.75, 3.05) is 26.2 Å². The quantitative estimate of drug-likeness (QED) is 0.870. The number of hydrogen-bond acceptors (Lipinski definition) is 4. The maximum Gasteiger partial charge on any atom is 0.255 e. The minimum atomic E-state index is -3.53. The highest BCUT2D eigenvalue weighted by Crippen LogP contribution is 2.13. The SMILES string of the molecule is O=C(c1ccc(=O)[nH]c1)N1CCN(S(=O)(=O)/C=C/c2ccccc2)CC1. The monoisotopic (exact) mass is 373 g/mol. The van der Waals surface area contributed by atoms with E-state index in [2.05, 4.69) is 4.98 Å². The molecule has 1 aromatic heterocycles. The Labute approximate surface area is 151 Å². The fourth-order valence-electron chi connectivity index (χ4n) is 2.69. The molecule has 0 saturated carbocycles. The van der Waals surface area contributed by atoms with E-state index in [0.29, 0.717) is 18.7 Å². The molecule has 0 radical (unpaired) electrons. The van der Waals surface area contributed by atoms with Crippen LogP contribution in [0.1, 0.15) is 15.9 Å². The van der Waals surface area contributed by atoms with Crippen LogP contribution in [0.4, 0.5) is 0 Å². The lowest BCUT2D eigenvalue weighted by molar-refractivity contribution is 0.0698. The van der Waals surface area contributed by atoms with Crippen molar-refractivity contribution < 1.29 is 13.2 Å². The van der Waals surface area contributed by atoms with Crippen molar-refractivity contribution in [1.29, 1.82) is 0 Å². The van der Waals surface area contributed by atoms with Crippen LogP contribution in [-0.2, 0) is 10.0 Å². The third-order valence-corrected chi connectivity index (χ3v) is 5.71. The summed E-state index contributed by atoms with van der Waals surface area (Å²) < 4.78 is 26.2. The molecule has 7 nitrogen and oxygen atoms in total. The number of sulfonamides is 1. The number of rotatable bonds is 4. The van der Waals surface area contributed by atoms with E-state index in [0.717, 1.165) is 5.56 Å². The van der Waals surface area contributed by atoms with E-state index in [1.54, 1.807) is 11.0 Å². The summed E-state index contributed by atoms with van der Waals surface area (Å²) in [5.74, 6) is -0.224. The van der Waals surface area contributed by atoms with Crippen LogP contribution in [-0.4, -0.2) is 54.7 Å².